The third-order valence-electron chi connectivity index (χ3n) is 5.13. The highest BCUT2D eigenvalue weighted by molar-refractivity contribution is 6.02. The van der Waals surface area contributed by atoms with Gasteiger partial charge in [-0.25, -0.2) is 4.98 Å². The van der Waals surface area contributed by atoms with Gasteiger partial charge in [0, 0.05) is 42.3 Å². The van der Waals surface area contributed by atoms with Gasteiger partial charge in [0.1, 0.15) is 11.6 Å². The molecule has 0 saturated carbocycles. The minimum absolute atomic E-state index is 0.205. The average molecular weight is 446 g/mol. The van der Waals surface area contributed by atoms with Gasteiger partial charge in [-0.05, 0) is 55.0 Å². The highest BCUT2D eigenvalue weighted by atomic mass is 16.5. The summed E-state index contributed by atoms with van der Waals surface area (Å²) in [6.07, 6.45) is 3.26. The zero-order chi connectivity index (χ0) is 23.0. The Morgan fingerprint density at radius 2 is 1.73 bits per heavy atom. The van der Waals surface area contributed by atoms with Gasteiger partial charge in [-0.2, -0.15) is 4.98 Å². The second-order valence-corrected chi connectivity index (χ2v) is 7.59. The molecule has 33 heavy (non-hydrogen) atoms. The molecule has 2 heterocycles. The fraction of sp³-hybridized carbons (Fsp3) is 0.240. The summed E-state index contributed by atoms with van der Waals surface area (Å²) in [5.74, 6) is 2.00. The van der Waals surface area contributed by atoms with Crippen LogP contribution in [0.2, 0.25) is 0 Å². The highest BCUT2D eigenvalue weighted by Gasteiger charge is 2.14. The molecule has 1 saturated heterocycles. The Kier molecular flexibility index (Phi) is 7.16. The lowest BCUT2D eigenvalue weighted by molar-refractivity contribution is -0.111. The Labute approximate surface area is 193 Å². The zero-order valence-electron chi connectivity index (χ0n) is 18.7. The SMILES string of the molecule is COc1ccc(/C=C/C(=O)Nc2ccc(Nc3nc(C)cc(N4CCOCC4)n3)cc2)cc1. The number of hydrogen-bond donors (Lipinski definition) is 2. The number of methoxy groups -OCH3 is 1. The maximum atomic E-state index is 12.2. The average Bonchev–Trinajstić information content (AvgIpc) is 2.84. The van der Waals surface area contributed by atoms with Crippen molar-refractivity contribution >= 4 is 35.1 Å². The Morgan fingerprint density at radius 1 is 1.03 bits per heavy atom. The van der Waals surface area contributed by atoms with Crippen LogP contribution in [-0.4, -0.2) is 49.3 Å². The molecular weight excluding hydrogens is 418 g/mol. The van der Waals surface area contributed by atoms with E-state index in [9.17, 15) is 4.79 Å². The summed E-state index contributed by atoms with van der Waals surface area (Å²) in [6.45, 7) is 4.99. The van der Waals surface area contributed by atoms with Crippen molar-refractivity contribution in [3.05, 3.63) is 71.9 Å². The van der Waals surface area contributed by atoms with Gasteiger partial charge < -0.3 is 25.0 Å². The van der Waals surface area contributed by atoms with Gasteiger partial charge in [-0.3, -0.25) is 4.79 Å². The van der Waals surface area contributed by atoms with Crippen LogP contribution < -0.4 is 20.3 Å². The first-order chi connectivity index (χ1) is 16.1. The summed E-state index contributed by atoms with van der Waals surface area (Å²) in [6, 6.07) is 16.9. The summed E-state index contributed by atoms with van der Waals surface area (Å²) in [5.41, 5.74) is 3.34. The molecule has 0 unspecified atom stereocenters. The standard InChI is InChI=1S/C25H27N5O3/c1-18-17-23(30-13-15-33-16-14-30)29-25(26-18)28-21-8-6-20(7-9-21)27-24(31)12-5-19-3-10-22(32-2)11-4-19/h3-12,17H,13-16H2,1-2H3,(H,27,31)(H,26,28,29)/b12-5+. The van der Waals surface area contributed by atoms with Crippen LogP contribution in [-0.2, 0) is 9.53 Å². The maximum Gasteiger partial charge on any atom is 0.248 e. The second-order valence-electron chi connectivity index (χ2n) is 7.59. The molecule has 0 atom stereocenters. The molecule has 3 aromatic rings. The number of carbonyl (C=O) groups excluding carboxylic acids is 1. The number of aryl methyl sites for hydroxylation is 1. The molecule has 0 radical (unpaired) electrons. The molecule has 8 nitrogen and oxygen atoms in total. The maximum absolute atomic E-state index is 12.2. The van der Waals surface area contributed by atoms with Crippen molar-refractivity contribution in [1.82, 2.24) is 9.97 Å². The third-order valence-corrected chi connectivity index (χ3v) is 5.13. The first-order valence-electron chi connectivity index (χ1n) is 10.8. The monoisotopic (exact) mass is 445 g/mol. The molecule has 0 aliphatic carbocycles. The van der Waals surface area contributed by atoms with E-state index in [2.05, 4.69) is 25.5 Å². The molecule has 1 aliphatic rings. The number of hydrogen-bond acceptors (Lipinski definition) is 7. The van der Waals surface area contributed by atoms with Gasteiger partial charge in [0.05, 0.1) is 20.3 Å². The predicted octanol–water partition coefficient (Wildman–Crippen LogP) is 4.03. The molecule has 2 N–H and O–H groups in total. The Morgan fingerprint density at radius 3 is 2.42 bits per heavy atom. The van der Waals surface area contributed by atoms with Gasteiger partial charge >= 0.3 is 0 Å². The number of aromatic nitrogens is 2. The summed E-state index contributed by atoms with van der Waals surface area (Å²) >= 11 is 0. The highest BCUT2D eigenvalue weighted by Crippen LogP contribution is 2.21. The van der Waals surface area contributed by atoms with Crippen molar-refractivity contribution in [2.75, 3.05) is 48.9 Å². The number of amides is 1. The van der Waals surface area contributed by atoms with E-state index in [1.54, 1.807) is 13.2 Å². The van der Waals surface area contributed by atoms with Gasteiger partial charge in [0.15, 0.2) is 0 Å². The molecule has 2 aromatic carbocycles. The van der Waals surface area contributed by atoms with Crippen LogP contribution >= 0.6 is 0 Å². The second kappa shape index (κ2) is 10.6. The Hall–Kier alpha value is -3.91. The summed E-state index contributed by atoms with van der Waals surface area (Å²) in [4.78, 5) is 23.6. The van der Waals surface area contributed by atoms with E-state index in [1.165, 1.54) is 6.08 Å². The fourth-order valence-corrected chi connectivity index (χ4v) is 3.40. The topological polar surface area (TPSA) is 88.6 Å². The largest absolute Gasteiger partial charge is 0.497 e. The minimum atomic E-state index is -0.205. The lowest BCUT2D eigenvalue weighted by atomic mass is 10.2. The fourth-order valence-electron chi connectivity index (χ4n) is 3.40. The van der Waals surface area contributed by atoms with E-state index in [-0.39, 0.29) is 5.91 Å². The summed E-state index contributed by atoms with van der Waals surface area (Å²) in [7, 11) is 1.62. The molecule has 4 rings (SSSR count). The number of anilines is 4. The first-order valence-corrected chi connectivity index (χ1v) is 10.8. The molecule has 0 spiro atoms. The van der Waals surface area contributed by atoms with Gasteiger partial charge in [0.25, 0.3) is 0 Å². The molecule has 1 amide bonds. The normalized spacial score (nSPS) is 13.7. The van der Waals surface area contributed by atoms with E-state index in [1.807, 2.05) is 61.5 Å². The van der Waals surface area contributed by atoms with Crippen LogP contribution in [0.15, 0.2) is 60.7 Å². The lowest BCUT2D eigenvalue weighted by Gasteiger charge is -2.28. The van der Waals surface area contributed by atoms with Crippen molar-refractivity contribution < 1.29 is 14.3 Å². The van der Waals surface area contributed by atoms with Crippen molar-refractivity contribution in [3.8, 4) is 5.75 Å². The van der Waals surface area contributed by atoms with Crippen molar-refractivity contribution in [2.45, 2.75) is 6.92 Å². The van der Waals surface area contributed by atoms with Gasteiger partial charge in [0.2, 0.25) is 11.9 Å². The number of nitrogens with one attached hydrogen (secondary N) is 2. The van der Waals surface area contributed by atoms with E-state index >= 15 is 0 Å². The molecule has 1 aromatic heterocycles. The van der Waals surface area contributed by atoms with Crippen LogP contribution in [0.4, 0.5) is 23.1 Å². The number of ether oxygens (including phenoxy) is 2. The Bertz CT molecular complexity index is 1110. The molecular formula is C25H27N5O3. The van der Waals surface area contributed by atoms with E-state index in [0.717, 1.165) is 41.6 Å². The Balaban J connectivity index is 1.35. The van der Waals surface area contributed by atoms with E-state index in [4.69, 9.17) is 9.47 Å². The van der Waals surface area contributed by atoms with Crippen molar-refractivity contribution in [2.24, 2.45) is 0 Å². The summed E-state index contributed by atoms with van der Waals surface area (Å²) < 4.78 is 10.6. The van der Waals surface area contributed by atoms with Crippen LogP contribution in [0.25, 0.3) is 6.08 Å². The molecule has 170 valence electrons. The number of nitrogens with zero attached hydrogens (tertiary/aromatic N) is 3. The summed E-state index contributed by atoms with van der Waals surface area (Å²) in [5, 5.41) is 6.10. The quantitative estimate of drug-likeness (QED) is 0.531. The lowest BCUT2D eigenvalue weighted by Crippen LogP contribution is -2.36. The number of carbonyl (C=O) groups is 1. The van der Waals surface area contributed by atoms with Crippen molar-refractivity contribution in [1.29, 1.82) is 0 Å². The molecule has 1 fully saturated rings. The number of benzene rings is 2. The minimum Gasteiger partial charge on any atom is -0.497 e. The van der Waals surface area contributed by atoms with E-state index in [0.29, 0.717) is 24.8 Å². The van der Waals surface area contributed by atoms with Gasteiger partial charge in [-0.1, -0.05) is 12.1 Å². The first kappa shape index (κ1) is 22.3. The smallest absolute Gasteiger partial charge is 0.248 e. The number of morpholine rings is 1. The molecule has 1 aliphatic heterocycles. The third kappa shape index (κ3) is 6.30. The molecule has 8 heteroatoms. The zero-order valence-corrected chi connectivity index (χ0v) is 18.7. The predicted molar refractivity (Wildman–Crippen MR) is 130 cm³/mol. The van der Waals surface area contributed by atoms with Crippen LogP contribution in [0, 0.1) is 6.92 Å². The van der Waals surface area contributed by atoms with Crippen LogP contribution in [0.5, 0.6) is 5.75 Å². The van der Waals surface area contributed by atoms with Crippen molar-refractivity contribution in [3.63, 3.8) is 0 Å². The molecule has 0 bridgehead atoms. The van der Waals surface area contributed by atoms with E-state index < -0.39 is 0 Å². The van der Waals surface area contributed by atoms with Crippen LogP contribution in [0.3, 0.4) is 0 Å². The van der Waals surface area contributed by atoms with Gasteiger partial charge in [-0.15, -0.1) is 0 Å². The van der Waals surface area contributed by atoms with Crippen LogP contribution in [0.1, 0.15) is 11.3 Å². The number of rotatable bonds is 7.